The monoisotopic (exact) mass is 154 g/mol. The standard InChI is InChI=1S/C6H6N2O3/c1-11-6(10)4-2-3-7-8-5(4)9/h2-3H,1H3,(H,8,9). The Morgan fingerprint density at radius 2 is 2.45 bits per heavy atom. The van der Waals surface area contributed by atoms with Crippen molar-refractivity contribution < 1.29 is 9.53 Å². The maximum Gasteiger partial charge on any atom is 0.343 e. The highest BCUT2D eigenvalue weighted by molar-refractivity contribution is 5.88. The van der Waals surface area contributed by atoms with Crippen LogP contribution in [0.15, 0.2) is 17.1 Å². The molecule has 5 heteroatoms. The molecule has 11 heavy (non-hydrogen) atoms. The Morgan fingerprint density at radius 3 is 3.00 bits per heavy atom. The number of aromatic nitrogens is 2. The smallest absolute Gasteiger partial charge is 0.343 e. The van der Waals surface area contributed by atoms with Gasteiger partial charge in [-0.15, -0.1) is 0 Å². The van der Waals surface area contributed by atoms with Gasteiger partial charge in [0.25, 0.3) is 5.56 Å². The molecule has 0 unspecified atom stereocenters. The second-order valence-electron chi connectivity index (χ2n) is 1.79. The van der Waals surface area contributed by atoms with Crippen LogP contribution in [0.4, 0.5) is 0 Å². The van der Waals surface area contributed by atoms with Crippen molar-refractivity contribution in [2.45, 2.75) is 0 Å². The minimum Gasteiger partial charge on any atom is -0.465 e. The number of carbonyl (C=O) groups excluding carboxylic acids is 1. The Hall–Kier alpha value is -1.65. The van der Waals surface area contributed by atoms with Gasteiger partial charge in [-0.05, 0) is 6.07 Å². The van der Waals surface area contributed by atoms with Gasteiger partial charge < -0.3 is 4.74 Å². The van der Waals surface area contributed by atoms with Gasteiger partial charge in [0.05, 0.1) is 7.11 Å². The van der Waals surface area contributed by atoms with Gasteiger partial charge in [0.15, 0.2) is 0 Å². The predicted molar refractivity (Wildman–Crippen MR) is 36.2 cm³/mol. The third kappa shape index (κ3) is 1.43. The van der Waals surface area contributed by atoms with Gasteiger partial charge in [-0.3, -0.25) is 4.79 Å². The van der Waals surface area contributed by atoms with Crippen molar-refractivity contribution >= 4 is 5.97 Å². The molecule has 1 N–H and O–H groups in total. The lowest BCUT2D eigenvalue weighted by Crippen LogP contribution is -2.18. The average molecular weight is 154 g/mol. The predicted octanol–water partition coefficient (Wildman–Crippen LogP) is -0.443. The molecule has 1 heterocycles. The van der Waals surface area contributed by atoms with Crippen LogP contribution in [0.3, 0.4) is 0 Å². The Balaban J connectivity index is 3.14. The number of ether oxygens (including phenoxy) is 1. The molecule has 0 atom stereocenters. The second kappa shape index (κ2) is 2.96. The zero-order valence-corrected chi connectivity index (χ0v) is 5.83. The average Bonchev–Trinajstić information content (AvgIpc) is 2.04. The van der Waals surface area contributed by atoms with Gasteiger partial charge >= 0.3 is 5.97 Å². The first kappa shape index (κ1) is 7.46. The lowest BCUT2D eigenvalue weighted by atomic mass is 10.3. The summed E-state index contributed by atoms with van der Waals surface area (Å²) in [6, 6.07) is 1.30. The maximum absolute atomic E-state index is 10.8. The fraction of sp³-hybridized carbons (Fsp3) is 0.167. The molecular formula is C6H6N2O3. The van der Waals surface area contributed by atoms with Crippen molar-refractivity contribution in [2.75, 3.05) is 7.11 Å². The van der Waals surface area contributed by atoms with Gasteiger partial charge in [0.2, 0.25) is 0 Å². The first-order valence-corrected chi connectivity index (χ1v) is 2.87. The number of nitrogens with one attached hydrogen (secondary N) is 1. The SMILES string of the molecule is COC(=O)c1ccn[nH]c1=O. The number of carbonyl (C=O) groups is 1. The molecular weight excluding hydrogens is 148 g/mol. The minimum absolute atomic E-state index is 0.0394. The summed E-state index contributed by atoms with van der Waals surface area (Å²) in [6.45, 7) is 0. The lowest BCUT2D eigenvalue weighted by molar-refractivity contribution is 0.0598. The van der Waals surface area contributed by atoms with Crippen molar-refractivity contribution in [3.8, 4) is 0 Å². The van der Waals surface area contributed by atoms with Crippen LogP contribution in [-0.2, 0) is 4.74 Å². The molecule has 58 valence electrons. The Bertz CT molecular complexity index is 318. The third-order valence-electron chi connectivity index (χ3n) is 1.13. The summed E-state index contributed by atoms with van der Waals surface area (Å²) < 4.78 is 4.33. The Kier molecular flexibility index (Phi) is 2.00. The van der Waals surface area contributed by atoms with E-state index in [-0.39, 0.29) is 5.56 Å². The van der Waals surface area contributed by atoms with Crippen molar-refractivity contribution in [3.05, 3.63) is 28.2 Å². The van der Waals surface area contributed by atoms with Gasteiger partial charge in [-0.1, -0.05) is 0 Å². The van der Waals surface area contributed by atoms with E-state index in [4.69, 9.17) is 0 Å². The molecule has 0 spiro atoms. The molecule has 0 aliphatic carbocycles. The highest BCUT2D eigenvalue weighted by Gasteiger charge is 2.08. The number of hydrogen-bond donors (Lipinski definition) is 1. The Morgan fingerprint density at radius 1 is 1.73 bits per heavy atom. The van der Waals surface area contributed by atoms with Crippen LogP contribution >= 0.6 is 0 Å². The van der Waals surface area contributed by atoms with Gasteiger partial charge in [0, 0.05) is 6.20 Å². The van der Waals surface area contributed by atoms with E-state index in [0.29, 0.717) is 0 Å². The summed E-state index contributed by atoms with van der Waals surface area (Å²) >= 11 is 0. The highest BCUT2D eigenvalue weighted by atomic mass is 16.5. The fourth-order valence-electron chi connectivity index (χ4n) is 0.614. The van der Waals surface area contributed by atoms with Crippen LogP contribution in [0.2, 0.25) is 0 Å². The van der Waals surface area contributed by atoms with Crippen molar-refractivity contribution in [2.24, 2.45) is 0 Å². The lowest BCUT2D eigenvalue weighted by Gasteiger charge is -1.94. The minimum atomic E-state index is -0.659. The van der Waals surface area contributed by atoms with Gasteiger partial charge in [-0.25, -0.2) is 9.89 Å². The van der Waals surface area contributed by atoms with Crippen LogP contribution in [0, 0.1) is 0 Å². The highest BCUT2D eigenvalue weighted by Crippen LogP contribution is 1.89. The molecule has 0 aliphatic rings. The number of H-pyrrole nitrogens is 1. The van der Waals surface area contributed by atoms with E-state index in [9.17, 15) is 9.59 Å². The molecule has 0 saturated heterocycles. The third-order valence-corrected chi connectivity index (χ3v) is 1.13. The zero-order chi connectivity index (χ0) is 8.27. The van der Waals surface area contributed by atoms with Crippen LogP contribution in [-0.4, -0.2) is 23.3 Å². The van der Waals surface area contributed by atoms with Crippen LogP contribution in [0.25, 0.3) is 0 Å². The zero-order valence-electron chi connectivity index (χ0n) is 5.83. The first-order chi connectivity index (χ1) is 5.25. The first-order valence-electron chi connectivity index (χ1n) is 2.87. The van der Waals surface area contributed by atoms with E-state index < -0.39 is 11.5 Å². The molecule has 0 radical (unpaired) electrons. The van der Waals surface area contributed by atoms with Gasteiger partial charge in [-0.2, -0.15) is 5.10 Å². The normalized spacial score (nSPS) is 9.18. The van der Waals surface area contributed by atoms with E-state index in [0.717, 1.165) is 0 Å². The molecule has 0 amide bonds. The number of esters is 1. The van der Waals surface area contributed by atoms with Crippen LogP contribution < -0.4 is 5.56 Å². The van der Waals surface area contributed by atoms with Crippen LogP contribution in [0.5, 0.6) is 0 Å². The van der Waals surface area contributed by atoms with Crippen molar-refractivity contribution in [1.82, 2.24) is 10.2 Å². The molecule has 5 nitrogen and oxygen atoms in total. The van der Waals surface area contributed by atoms with Gasteiger partial charge in [0.1, 0.15) is 5.56 Å². The molecule has 0 fully saturated rings. The quantitative estimate of drug-likeness (QED) is 0.556. The summed E-state index contributed by atoms with van der Waals surface area (Å²) in [5.74, 6) is -0.659. The molecule has 1 aromatic rings. The van der Waals surface area contributed by atoms with E-state index in [1.54, 1.807) is 0 Å². The van der Waals surface area contributed by atoms with Crippen molar-refractivity contribution in [1.29, 1.82) is 0 Å². The fourth-order valence-corrected chi connectivity index (χ4v) is 0.614. The number of hydrogen-bond acceptors (Lipinski definition) is 4. The van der Waals surface area contributed by atoms with E-state index in [1.165, 1.54) is 19.4 Å². The summed E-state index contributed by atoms with van der Waals surface area (Å²) in [5, 5.41) is 5.53. The topological polar surface area (TPSA) is 72.0 Å². The summed E-state index contributed by atoms with van der Waals surface area (Å²) in [4.78, 5) is 21.6. The van der Waals surface area contributed by atoms with Crippen molar-refractivity contribution in [3.63, 3.8) is 0 Å². The molecule has 0 aromatic carbocycles. The van der Waals surface area contributed by atoms with E-state index >= 15 is 0 Å². The van der Waals surface area contributed by atoms with E-state index in [1.807, 2.05) is 0 Å². The molecule has 0 aliphatic heterocycles. The largest absolute Gasteiger partial charge is 0.465 e. The number of nitrogens with zero attached hydrogens (tertiary/aromatic N) is 1. The number of aromatic amines is 1. The maximum atomic E-state index is 10.8. The summed E-state index contributed by atoms with van der Waals surface area (Å²) in [6.07, 6.45) is 1.31. The van der Waals surface area contributed by atoms with Crippen LogP contribution in [0.1, 0.15) is 10.4 Å². The summed E-state index contributed by atoms with van der Waals surface area (Å²) in [7, 11) is 1.21. The van der Waals surface area contributed by atoms with E-state index in [2.05, 4.69) is 14.9 Å². The molecule has 0 saturated carbocycles. The molecule has 1 aromatic heterocycles. The molecule has 1 rings (SSSR count). The number of rotatable bonds is 1. The summed E-state index contributed by atoms with van der Waals surface area (Å²) in [5.41, 5.74) is -0.582. The second-order valence-corrected chi connectivity index (χ2v) is 1.79. The number of methoxy groups -OCH3 is 1. The Labute approximate surface area is 62.0 Å². The molecule has 0 bridgehead atoms.